The van der Waals surface area contributed by atoms with E-state index in [0.29, 0.717) is 5.92 Å². The van der Waals surface area contributed by atoms with Crippen LogP contribution in [0.25, 0.3) is 0 Å². The molecule has 1 rings (SSSR count). The molecular formula is C17H30N2O. The van der Waals surface area contributed by atoms with Crippen molar-refractivity contribution in [3.05, 3.63) is 29.8 Å². The van der Waals surface area contributed by atoms with Gasteiger partial charge in [0.2, 0.25) is 0 Å². The van der Waals surface area contributed by atoms with Gasteiger partial charge in [0.1, 0.15) is 5.75 Å². The summed E-state index contributed by atoms with van der Waals surface area (Å²) < 4.78 is 5.69. The summed E-state index contributed by atoms with van der Waals surface area (Å²) in [5.74, 6) is 7.31. The Morgan fingerprint density at radius 3 is 2.00 bits per heavy atom. The molecule has 20 heavy (non-hydrogen) atoms. The van der Waals surface area contributed by atoms with E-state index >= 15 is 0 Å². The standard InChI is InChI=1S/C17H30N2O/c1-5-7-14(8-6-2)17(19-18)15-9-11-16(12-10-15)20-13(3)4/h9-14,17,19H,5-8,18H2,1-4H3. The third kappa shape index (κ3) is 5.14. The second kappa shape index (κ2) is 8.98. The van der Waals surface area contributed by atoms with E-state index < -0.39 is 0 Å². The van der Waals surface area contributed by atoms with Gasteiger partial charge in [0.15, 0.2) is 0 Å². The summed E-state index contributed by atoms with van der Waals surface area (Å²) in [5, 5.41) is 0. The quantitative estimate of drug-likeness (QED) is 0.526. The summed E-state index contributed by atoms with van der Waals surface area (Å²) in [6.07, 6.45) is 4.99. The highest BCUT2D eigenvalue weighted by Crippen LogP contribution is 2.30. The largest absolute Gasteiger partial charge is 0.491 e. The van der Waals surface area contributed by atoms with Crippen LogP contribution in [0.5, 0.6) is 5.75 Å². The van der Waals surface area contributed by atoms with Crippen molar-refractivity contribution in [3.8, 4) is 5.75 Å². The lowest BCUT2D eigenvalue weighted by molar-refractivity contribution is 0.242. The third-order valence-electron chi connectivity index (χ3n) is 3.58. The number of rotatable bonds is 9. The first kappa shape index (κ1) is 17.0. The molecule has 1 aromatic carbocycles. The van der Waals surface area contributed by atoms with Crippen molar-refractivity contribution in [2.45, 2.75) is 65.5 Å². The number of benzene rings is 1. The topological polar surface area (TPSA) is 47.3 Å². The molecule has 3 nitrogen and oxygen atoms in total. The molecule has 1 atom stereocenters. The molecule has 0 aliphatic heterocycles. The highest BCUT2D eigenvalue weighted by Gasteiger charge is 2.20. The van der Waals surface area contributed by atoms with Crippen LogP contribution in [0, 0.1) is 5.92 Å². The molecule has 0 bridgehead atoms. The molecule has 0 radical (unpaired) electrons. The summed E-state index contributed by atoms with van der Waals surface area (Å²) in [4.78, 5) is 0. The Bertz CT molecular complexity index is 356. The average molecular weight is 278 g/mol. The van der Waals surface area contributed by atoms with Crippen LogP contribution in [0.1, 0.15) is 65.0 Å². The molecule has 0 fully saturated rings. The molecule has 1 aromatic rings. The van der Waals surface area contributed by atoms with Crippen LogP contribution in [-0.2, 0) is 0 Å². The van der Waals surface area contributed by atoms with E-state index in [0.717, 1.165) is 5.75 Å². The number of hydrogen-bond donors (Lipinski definition) is 2. The van der Waals surface area contributed by atoms with Crippen molar-refractivity contribution in [1.82, 2.24) is 5.43 Å². The minimum atomic E-state index is 0.206. The second-order valence-corrected chi connectivity index (χ2v) is 5.72. The van der Waals surface area contributed by atoms with Gasteiger partial charge in [-0.2, -0.15) is 0 Å². The summed E-state index contributed by atoms with van der Waals surface area (Å²) in [6.45, 7) is 8.54. The Hall–Kier alpha value is -1.06. The maximum absolute atomic E-state index is 5.80. The van der Waals surface area contributed by atoms with Gasteiger partial charge >= 0.3 is 0 Å². The molecule has 0 saturated carbocycles. The summed E-state index contributed by atoms with van der Waals surface area (Å²) in [6, 6.07) is 8.55. The molecular weight excluding hydrogens is 248 g/mol. The molecule has 0 heterocycles. The van der Waals surface area contributed by atoms with Gasteiger partial charge in [-0.05, 0) is 50.3 Å². The number of nitrogens with one attached hydrogen (secondary N) is 1. The van der Waals surface area contributed by atoms with Gasteiger partial charge in [0, 0.05) is 6.04 Å². The first-order chi connectivity index (χ1) is 9.62. The summed E-state index contributed by atoms with van der Waals surface area (Å²) in [5.41, 5.74) is 4.25. The lowest BCUT2D eigenvalue weighted by Gasteiger charge is -2.27. The van der Waals surface area contributed by atoms with Gasteiger partial charge in [-0.15, -0.1) is 0 Å². The fourth-order valence-corrected chi connectivity index (χ4v) is 2.75. The van der Waals surface area contributed by atoms with Crippen molar-refractivity contribution in [1.29, 1.82) is 0 Å². The number of ether oxygens (including phenoxy) is 1. The van der Waals surface area contributed by atoms with Crippen molar-refractivity contribution in [3.63, 3.8) is 0 Å². The summed E-state index contributed by atoms with van der Waals surface area (Å²) >= 11 is 0. The van der Waals surface area contributed by atoms with Crippen LogP contribution < -0.4 is 16.0 Å². The maximum atomic E-state index is 5.80. The minimum Gasteiger partial charge on any atom is -0.491 e. The van der Waals surface area contributed by atoms with Gasteiger partial charge in [0.25, 0.3) is 0 Å². The van der Waals surface area contributed by atoms with Gasteiger partial charge < -0.3 is 4.74 Å². The molecule has 0 saturated heterocycles. The Balaban J connectivity index is 2.82. The van der Waals surface area contributed by atoms with Crippen LogP contribution in [0.15, 0.2) is 24.3 Å². The van der Waals surface area contributed by atoms with Crippen LogP contribution in [0.3, 0.4) is 0 Å². The molecule has 3 N–H and O–H groups in total. The van der Waals surface area contributed by atoms with Gasteiger partial charge in [-0.1, -0.05) is 38.8 Å². The zero-order chi connectivity index (χ0) is 15.0. The maximum Gasteiger partial charge on any atom is 0.119 e. The van der Waals surface area contributed by atoms with E-state index in [2.05, 4.69) is 31.4 Å². The second-order valence-electron chi connectivity index (χ2n) is 5.72. The molecule has 0 amide bonds. The average Bonchev–Trinajstić information content (AvgIpc) is 2.41. The molecule has 0 aliphatic rings. The highest BCUT2D eigenvalue weighted by molar-refractivity contribution is 5.29. The lowest BCUT2D eigenvalue weighted by Crippen LogP contribution is -2.33. The molecule has 1 unspecified atom stereocenters. The van der Waals surface area contributed by atoms with Crippen LogP contribution >= 0.6 is 0 Å². The first-order valence-corrected chi connectivity index (χ1v) is 7.85. The molecule has 0 aromatic heterocycles. The smallest absolute Gasteiger partial charge is 0.119 e. The number of hydrogen-bond acceptors (Lipinski definition) is 3. The van der Waals surface area contributed by atoms with E-state index in [-0.39, 0.29) is 12.1 Å². The molecule has 114 valence electrons. The van der Waals surface area contributed by atoms with Crippen molar-refractivity contribution in [2.24, 2.45) is 11.8 Å². The van der Waals surface area contributed by atoms with E-state index in [9.17, 15) is 0 Å². The van der Waals surface area contributed by atoms with E-state index in [4.69, 9.17) is 10.6 Å². The first-order valence-electron chi connectivity index (χ1n) is 7.85. The Morgan fingerprint density at radius 1 is 1.05 bits per heavy atom. The zero-order valence-electron chi connectivity index (χ0n) is 13.4. The zero-order valence-corrected chi connectivity index (χ0v) is 13.4. The van der Waals surface area contributed by atoms with Gasteiger partial charge in [0.05, 0.1) is 6.10 Å². The number of hydrazine groups is 1. The monoisotopic (exact) mass is 278 g/mol. The predicted molar refractivity (Wildman–Crippen MR) is 85.6 cm³/mol. The lowest BCUT2D eigenvalue weighted by atomic mass is 9.86. The SMILES string of the molecule is CCCC(CCC)C(NN)c1ccc(OC(C)C)cc1. The third-order valence-corrected chi connectivity index (χ3v) is 3.58. The van der Waals surface area contributed by atoms with E-state index in [1.54, 1.807) is 0 Å². The van der Waals surface area contributed by atoms with E-state index in [1.165, 1.54) is 31.2 Å². The van der Waals surface area contributed by atoms with E-state index in [1.807, 2.05) is 26.0 Å². The van der Waals surface area contributed by atoms with Crippen LogP contribution in [-0.4, -0.2) is 6.10 Å². The highest BCUT2D eigenvalue weighted by atomic mass is 16.5. The van der Waals surface area contributed by atoms with Crippen LogP contribution in [0.2, 0.25) is 0 Å². The van der Waals surface area contributed by atoms with Crippen molar-refractivity contribution < 1.29 is 4.74 Å². The summed E-state index contributed by atoms with van der Waals surface area (Å²) in [7, 11) is 0. The number of nitrogens with two attached hydrogens (primary N) is 1. The molecule has 0 aliphatic carbocycles. The minimum absolute atomic E-state index is 0.206. The van der Waals surface area contributed by atoms with Crippen molar-refractivity contribution in [2.75, 3.05) is 0 Å². The van der Waals surface area contributed by atoms with Gasteiger partial charge in [-0.3, -0.25) is 11.3 Å². The molecule has 0 spiro atoms. The van der Waals surface area contributed by atoms with Crippen molar-refractivity contribution >= 4 is 0 Å². The fourth-order valence-electron chi connectivity index (χ4n) is 2.75. The normalized spacial score (nSPS) is 12.9. The fraction of sp³-hybridized carbons (Fsp3) is 0.647. The Labute approximate surface area is 123 Å². The molecule has 3 heteroatoms. The van der Waals surface area contributed by atoms with Gasteiger partial charge in [-0.25, -0.2) is 0 Å². The van der Waals surface area contributed by atoms with Crippen LogP contribution in [0.4, 0.5) is 0 Å². The Kier molecular flexibility index (Phi) is 7.63. The Morgan fingerprint density at radius 2 is 1.60 bits per heavy atom. The predicted octanol–water partition coefficient (Wildman–Crippen LogP) is 4.19.